The second-order valence-corrected chi connectivity index (χ2v) is 9.63. The monoisotopic (exact) mass is 592 g/mol. The van der Waals surface area contributed by atoms with Gasteiger partial charge in [0, 0.05) is 5.56 Å². The van der Waals surface area contributed by atoms with E-state index in [1.807, 2.05) is 60.7 Å². The van der Waals surface area contributed by atoms with Crippen molar-refractivity contribution < 1.29 is 33.2 Å². The highest BCUT2D eigenvalue weighted by Gasteiger charge is 2.08. The molecule has 0 heterocycles. The maximum Gasteiger partial charge on any atom is 0.293 e. The normalized spacial score (nSPS) is 10.3. The number of hydrogen-bond acceptors (Lipinski definition) is 6. The molecule has 0 bridgehead atoms. The van der Waals surface area contributed by atoms with Gasteiger partial charge in [0.1, 0.15) is 23.9 Å². The van der Waals surface area contributed by atoms with Crippen LogP contribution in [0.1, 0.15) is 51.4 Å². The van der Waals surface area contributed by atoms with Crippen LogP contribution in [0.4, 0.5) is 4.39 Å². The zero-order valence-corrected chi connectivity index (χ0v) is 25.1. The third kappa shape index (κ3) is 14.2. The highest BCUT2D eigenvalue weighted by Crippen LogP contribution is 2.30. The Morgan fingerprint density at radius 1 is 0.605 bits per heavy atom. The van der Waals surface area contributed by atoms with E-state index in [9.17, 15) is 4.79 Å². The van der Waals surface area contributed by atoms with Crippen LogP contribution in [0.5, 0.6) is 11.5 Å². The van der Waals surface area contributed by atoms with Crippen LogP contribution in [0.2, 0.25) is 0 Å². The Labute approximate surface area is 256 Å². The molecule has 0 saturated carbocycles. The Morgan fingerprint density at radius 2 is 1.12 bits per heavy atom. The van der Waals surface area contributed by atoms with Gasteiger partial charge in [-0.25, -0.2) is 14.2 Å². The van der Waals surface area contributed by atoms with Crippen molar-refractivity contribution in [1.82, 2.24) is 0 Å². The van der Waals surface area contributed by atoms with Gasteiger partial charge in [-0.1, -0.05) is 48.9 Å². The molecule has 6 nitrogen and oxygen atoms in total. The predicted molar refractivity (Wildman–Crippen MR) is 171 cm³/mol. The van der Waals surface area contributed by atoms with Crippen LogP contribution >= 0.6 is 0 Å². The van der Waals surface area contributed by atoms with E-state index in [-0.39, 0.29) is 5.82 Å². The third-order valence-electron chi connectivity index (χ3n) is 6.48. The van der Waals surface area contributed by atoms with Crippen molar-refractivity contribution in [1.29, 1.82) is 0 Å². The number of hydrogen-bond donors (Lipinski definition) is 0. The third-order valence-corrected chi connectivity index (χ3v) is 6.48. The zero-order chi connectivity index (χ0) is 31.0. The van der Waals surface area contributed by atoms with Crippen LogP contribution in [0.3, 0.4) is 0 Å². The highest BCUT2D eigenvalue weighted by atomic mass is 19.1. The molecule has 3 aromatic carbocycles. The summed E-state index contributed by atoms with van der Waals surface area (Å²) < 4.78 is 31.4. The first-order valence-electron chi connectivity index (χ1n) is 14.9. The molecule has 0 fully saturated rings. The molecule has 0 N–H and O–H groups in total. The van der Waals surface area contributed by atoms with Crippen molar-refractivity contribution in [3.05, 3.63) is 98.4 Å². The molecule has 0 aromatic heterocycles. The van der Waals surface area contributed by atoms with Crippen molar-refractivity contribution >= 4 is 6.47 Å². The zero-order valence-electron chi connectivity index (χ0n) is 25.1. The quantitative estimate of drug-likeness (QED) is 0.0381. The van der Waals surface area contributed by atoms with Crippen molar-refractivity contribution in [3.63, 3.8) is 0 Å². The van der Waals surface area contributed by atoms with E-state index in [1.54, 1.807) is 12.1 Å². The lowest BCUT2D eigenvalue weighted by atomic mass is 9.99. The molecule has 0 unspecified atom stereocenters. The van der Waals surface area contributed by atoms with E-state index in [1.165, 1.54) is 0 Å². The number of ether oxygens (including phenoxy) is 3. The van der Waals surface area contributed by atoms with Crippen molar-refractivity contribution in [3.8, 4) is 33.8 Å². The van der Waals surface area contributed by atoms with Gasteiger partial charge < -0.3 is 14.2 Å². The van der Waals surface area contributed by atoms with Crippen LogP contribution in [0.25, 0.3) is 22.3 Å². The largest absolute Gasteiger partial charge is 0.494 e. The molecule has 0 spiro atoms. The Balaban J connectivity index is 0.00000316. The first-order valence-corrected chi connectivity index (χ1v) is 14.9. The van der Waals surface area contributed by atoms with Gasteiger partial charge in [0.2, 0.25) is 0 Å². The number of unbranched alkanes of at least 4 members (excludes halogenated alkanes) is 6. The maximum absolute atomic E-state index is 15.1. The Hall–Kier alpha value is -3.94. The van der Waals surface area contributed by atoms with E-state index < -0.39 is 0 Å². The number of carbonyl (C=O) groups is 1. The topological polar surface area (TPSA) is 63.2 Å². The molecule has 0 aliphatic carbocycles. The minimum atomic E-state index is -0.271. The number of benzene rings is 3. The molecule has 0 amide bonds. The lowest BCUT2D eigenvalue weighted by Gasteiger charge is -2.10. The average Bonchev–Trinajstić information content (AvgIpc) is 3.05. The molecule has 0 atom stereocenters. The van der Waals surface area contributed by atoms with E-state index in [4.69, 9.17) is 19.2 Å². The molecule has 232 valence electrons. The summed E-state index contributed by atoms with van der Waals surface area (Å²) in [6.07, 6.45) is 9.49. The van der Waals surface area contributed by atoms with E-state index >= 15 is 4.39 Å². The van der Waals surface area contributed by atoms with Crippen LogP contribution in [-0.4, -0.2) is 39.5 Å². The van der Waals surface area contributed by atoms with Gasteiger partial charge >= 0.3 is 0 Å². The Bertz CT molecular complexity index is 1160. The summed E-state index contributed by atoms with van der Waals surface area (Å²) in [6, 6.07) is 20.6. The summed E-state index contributed by atoms with van der Waals surface area (Å²) in [5.74, 6) is 1.29. The van der Waals surface area contributed by atoms with Gasteiger partial charge in [-0.3, -0.25) is 4.79 Å². The number of carbonyl (C=O) groups excluding carboxylic acids is 1. The minimum Gasteiger partial charge on any atom is -0.494 e. The molecule has 3 rings (SSSR count). The first-order chi connectivity index (χ1) is 21.2. The van der Waals surface area contributed by atoms with Crippen LogP contribution in [-0.2, 0) is 19.3 Å². The second kappa shape index (κ2) is 22.6. The summed E-state index contributed by atoms with van der Waals surface area (Å²) in [5, 5.41) is 0. The molecular weight excluding hydrogens is 547 g/mol. The van der Waals surface area contributed by atoms with Gasteiger partial charge in [0.05, 0.1) is 26.4 Å². The van der Waals surface area contributed by atoms with Crippen molar-refractivity contribution in [2.45, 2.75) is 51.4 Å². The summed E-state index contributed by atoms with van der Waals surface area (Å²) >= 11 is 0. The van der Waals surface area contributed by atoms with E-state index in [0.29, 0.717) is 45.1 Å². The standard InChI is InChI=1S/C34H41FO6.C2H4/c1-2-21-40-41-25-10-6-5-9-24-38-31-16-11-28(12-17-31)30-15-20-33(34(35)26-30)29-13-18-32(19-14-29)39-23-8-4-3-7-22-37-27-36;1-2/h2,11-20,26-27H,1,3-10,21-25H2;1-2H2. The Morgan fingerprint density at radius 3 is 1.65 bits per heavy atom. The number of rotatable bonds is 22. The molecule has 7 heteroatoms. The van der Waals surface area contributed by atoms with Gasteiger partial charge in [0.15, 0.2) is 0 Å². The van der Waals surface area contributed by atoms with Gasteiger partial charge in [-0.05, 0) is 92.0 Å². The van der Waals surface area contributed by atoms with Gasteiger partial charge in [0.25, 0.3) is 6.47 Å². The molecule has 0 saturated heterocycles. The second-order valence-electron chi connectivity index (χ2n) is 9.63. The van der Waals surface area contributed by atoms with Gasteiger partial charge in [-0.15, -0.1) is 19.7 Å². The van der Waals surface area contributed by atoms with Crippen molar-refractivity contribution in [2.24, 2.45) is 0 Å². The average molecular weight is 593 g/mol. The molecule has 0 radical (unpaired) electrons. The summed E-state index contributed by atoms with van der Waals surface area (Å²) in [4.78, 5) is 20.0. The summed E-state index contributed by atoms with van der Waals surface area (Å²) in [7, 11) is 0. The van der Waals surface area contributed by atoms with Crippen LogP contribution < -0.4 is 9.47 Å². The fourth-order valence-electron chi connectivity index (χ4n) is 4.24. The SMILES string of the molecule is C=C.C=CCOOCCCCCCOc1ccc(-c2ccc(-c3ccc(OCCCCCCOC=O)cc3)c(F)c2)cc1. The molecule has 3 aromatic rings. The minimum absolute atomic E-state index is 0.271. The Kier molecular flexibility index (Phi) is 18.6. The molecule has 43 heavy (non-hydrogen) atoms. The maximum atomic E-state index is 15.1. The lowest BCUT2D eigenvalue weighted by Crippen LogP contribution is -1.99. The van der Waals surface area contributed by atoms with E-state index in [0.717, 1.165) is 79.6 Å². The van der Waals surface area contributed by atoms with Crippen molar-refractivity contribution in [2.75, 3.05) is 33.0 Å². The fraction of sp³-hybridized carbons (Fsp3) is 0.361. The highest BCUT2D eigenvalue weighted by molar-refractivity contribution is 5.71. The number of halogens is 1. The first kappa shape index (κ1) is 35.3. The summed E-state index contributed by atoms with van der Waals surface area (Å²) in [6.45, 7) is 12.8. The summed E-state index contributed by atoms with van der Waals surface area (Å²) in [5.41, 5.74) is 3.10. The van der Waals surface area contributed by atoms with Crippen LogP contribution in [0.15, 0.2) is 92.5 Å². The van der Waals surface area contributed by atoms with Crippen LogP contribution in [0, 0.1) is 5.82 Å². The predicted octanol–water partition coefficient (Wildman–Crippen LogP) is 9.15. The smallest absolute Gasteiger partial charge is 0.293 e. The molecular formula is C36H45FO6. The van der Waals surface area contributed by atoms with E-state index in [2.05, 4.69) is 24.5 Å². The molecule has 0 aliphatic rings. The molecule has 0 aliphatic heterocycles. The van der Waals surface area contributed by atoms with Gasteiger partial charge in [-0.2, -0.15) is 0 Å². The fourth-order valence-corrected chi connectivity index (χ4v) is 4.24. The lowest BCUT2D eigenvalue weighted by molar-refractivity contribution is -0.286.